The molecule has 2 fully saturated rings. The molecule has 0 saturated carbocycles. The predicted molar refractivity (Wildman–Crippen MR) is 77.9 cm³/mol. The molecule has 0 aromatic carbocycles. The number of hydrogen-bond donors (Lipinski definition) is 1. The summed E-state index contributed by atoms with van der Waals surface area (Å²) in [5.41, 5.74) is -0.751. The number of piperazine rings is 1. The van der Waals surface area contributed by atoms with E-state index in [4.69, 9.17) is 0 Å². The summed E-state index contributed by atoms with van der Waals surface area (Å²) < 4.78 is 24.7. The molecule has 8 heteroatoms. The van der Waals surface area contributed by atoms with Gasteiger partial charge in [-0.25, -0.2) is 12.7 Å². The molecule has 2 amide bonds. The van der Waals surface area contributed by atoms with Crippen LogP contribution in [0.4, 0.5) is 0 Å². The maximum absolute atomic E-state index is 12.3. The van der Waals surface area contributed by atoms with Crippen molar-refractivity contribution in [1.82, 2.24) is 14.5 Å². The standard InChI is InChI=1S/C13H23N3O4S/c1-13(2)12(18)16(11(17)7-14-13)9-10-5-4-6-15(8-10)21(3,19)20/h10,14H,4-9H2,1-3H3. The maximum atomic E-state index is 12.3. The van der Waals surface area contributed by atoms with Gasteiger partial charge in [-0.15, -0.1) is 0 Å². The maximum Gasteiger partial charge on any atom is 0.248 e. The van der Waals surface area contributed by atoms with Gasteiger partial charge < -0.3 is 0 Å². The average Bonchev–Trinajstić information content (AvgIpc) is 2.39. The fourth-order valence-corrected chi connectivity index (χ4v) is 3.78. The number of sulfonamides is 1. The summed E-state index contributed by atoms with van der Waals surface area (Å²) >= 11 is 0. The molecular formula is C13H23N3O4S. The van der Waals surface area contributed by atoms with Gasteiger partial charge in [0.15, 0.2) is 0 Å². The summed E-state index contributed by atoms with van der Waals surface area (Å²) in [6.07, 6.45) is 2.78. The third-order valence-corrected chi connectivity index (χ3v) is 5.42. The summed E-state index contributed by atoms with van der Waals surface area (Å²) in [6.45, 7) is 4.83. The van der Waals surface area contributed by atoms with Gasteiger partial charge >= 0.3 is 0 Å². The van der Waals surface area contributed by atoms with E-state index in [0.29, 0.717) is 19.6 Å². The molecule has 0 spiro atoms. The van der Waals surface area contributed by atoms with Gasteiger partial charge in [-0.3, -0.25) is 19.8 Å². The second kappa shape index (κ2) is 5.66. The summed E-state index contributed by atoms with van der Waals surface area (Å²) in [6, 6.07) is 0. The molecular weight excluding hydrogens is 294 g/mol. The van der Waals surface area contributed by atoms with Gasteiger partial charge in [0.25, 0.3) is 0 Å². The van der Waals surface area contributed by atoms with E-state index >= 15 is 0 Å². The topological polar surface area (TPSA) is 86.8 Å². The first-order chi connectivity index (χ1) is 9.61. The highest BCUT2D eigenvalue weighted by atomic mass is 32.2. The van der Waals surface area contributed by atoms with Gasteiger partial charge in [-0.1, -0.05) is 0 Å². The van der Waals surface area contributed by atoms with Gasteiger partial charge in [0.2, 0.25) is 21.8 Å². The fraction of sp³-hybridized carbons (Fsp3) is 0.846. The van der Waals surface area contributed by atoms with E-state index < -0.39 is 15.6 Å². The van der Waals surface area contributed by atoms with Crippen LogP contribution in [0.3, 0.4) is 0 Å². The van der Waals surface area contributed by atoms with E-state index in [2.05, 4.69) is 5.32 Å². The number of imide groups is 1. The van der Waals surface area contributed by atoms with Crippen LogP contribution in [0.25, 0.3) is 0 Å². The molecule has 0 aromatic rings. The summed E-state index contributed by atoms with van der Waals surface area (Å²) in [4.78, 5) is 25.6. The van der Waals surface area contributed by atoms with E-state index in [9.17, 15) is 18.0 Å². The van der Waals surface area contributed by atoms with Gasteiger partial charge in [0.1, 0.15) is 0 Å². The smallest absolute Gasteiger partial charge is 0.248 e. The van der Waals surface area contributed by atoms with Gasteiger partial charge in [0.05, 0.1) is 18.3 Å². The second-order valence-corrected chi connectivity index (χ2v) is 8.40. The number of rotatable bonds is 3. The van der Waals surface area contributed by atoms with Gasteiger partial charge in [0, 0.05) is 19.6 Å². The monoisotopic (exact) mass is 317 g/mol. The molecule has 2 saturated heterocycles. The highest BCUT2D eigenvalue weighted by Crippen LogP contribution is 2.22. The summed E-state index contributed by atoms with van der Waals surface area (Å²) in [7, 11) is -3.22. The molecule has 2 heterocycles. The lowest BCUT2D eigenvalue weighted by molar-refractivity contribution is -0.153. The molecule has 2 aliphatic rings. The molecule has 0 radical (unpaired) electrons. The van der Waals surface area contributed by atoms with Gasteiger partial charge in [-0.05, 0) is 32.6 Å². The molecule has 2 rings (SSSR count). The van der Waals surface area contributed by atoms with Crippen molar-refractivity contribution in [2.75, 3.05) is 32.4 Å². The van der Waals surface area contributed by atoms with Crippen LogP contribution in [-0.4, -0.2) is 67.4 Å². The van der Waals surface area contributed by atoms with Crippen LogP contribution in [0.1, 0.15) is 26.7 Å². The number of amides is 2. The van der Waals surface area contributed by atoms with Crippen LogP contribution < -0.4 is 5.32 Å². The molecule has 2 aliphatic heterocycles. The molecule has 120 valence electrons. The minimum atomic E-state index is -3.22. The first kappa shape index (κ1) is 16.4. The van der Waals surface area contributed by atoms with Crippen molar-refractivity contribution in [1.29, 1.82) is 0 Å². The Morgan fingerprint density at radius 3 is 2.62 bits per heavy atom. The Morgan fingerprint density at radius 2 is 2.00 bits per heavy atom. The highest BCUT2D eigenvalue weighted by Gasteiger charge is 2.41. The number of piperidine rings is 1. The van der Waals surface area contributed by atoms with Crippen LogP contribution in [-0.2, 0) is 19.6 Å². The zero-order valence-electron chi connectivity index (χ0n) is 12.8. The van der Waals surface area contributed by atoms with Crippen LogP contribution in [0, 0.1) is 5.92 Å². The Hall–Kier alpha value is -0.990. The number of carbonyl (C=O) groups excluding carboxylic acids is 2. The van der Waals surface area contributed by atoms with Crippen molar-refractivity contribution >= 4 is 21.8 Å². The molecule has 0 aliphatic carbocycles. The predicted octanol–water partition coefficient (Wildman–Crippen LogP) is -0.605. The van der Waals surface area contributed by atoms with E-state index in [-0.39, 0.29) is 24.3 Å². The highest BCUT2D eigenvalue weighted by molar-refractivity contribution is 7.88. The molecule has 1 atom stereocenters. The largest absolute Gasteiger partial charge is 0.295 e. The minimum Gasteiger partial charge on any atom is -0.295 e. The quantitative estimate of drug-likeness (QED) is 0.702. The molecule has 1 N–H and O–H groups in total. The van der Waals surface area contributed by atoms with E-state index in [0.717, 1.165) is 12.8 Å². The number of nitrogens with one attached hydrogen (secondary N) is 1. The van der Waals surface area contributed by atoms with Crippen molar-refractivity contribution in [3.8, 4) is 0 Å². The minimum absolute atomic E-state index is 0.00951. The van der Waals surface area contributed by atoms with Crippen molar-refractivity contribution in [2.24, 2.45) is 5.92 Å². The Balaban J connectivity index is 2.06. The Labute approximate surface area is 125 Å². The van der Waals surface area contributed by atoms with Crippen molar-refractivity contribution in [3.05, 3.63) is 0 Å². The van der Waals surface area contributed by atoms with Crippen molar-refractivity contribution in [3.63, 3.8) is 0 Å². The summed E-state index contributed by atoms with van der Waals surface area (Å²) in [5.74, 6) is -0.471. The molecule has 21 heavy (non-hydrogen) atoms. The normalized spacial score (nSPS) is 28.0. The first-order valence-electron chi connectivity index (χ1n) is 7.16. The molecule has 0 bridgehead atoms. The Kier molecular flexibility index (Phi) is 4.41. The lowest BCUT2D eigenvalue weighted by atomic mass is 9.95. The lowest BCUT2D eigenvalue weighted by Gasteiger charge is -2.39. The number of carbonyl (C=O) groups is 2. The van der Waals surface area contributed by atoms with Crippen LogP contribution in [0.5, 0.6) is 0 Å². The van der Waals surface area contributed by atoms with Crippen LogP contribution in [0.2, 0.25) is 0 Å². The molecule has 0 aromatic heterocycles. The SMILES string of the molecule is CC1(C)NCC(=O)N(CC2CCCN(S(C)(=O)=O)C2)C1=O. The Morgan fingerprint density at radius 1 is 1.33 bits per heavy atom. The zero-order chi connectivity index (χ0) is 15.8. The fourth-order valence-electron chi connectivity index (χ4n) is 2.84. The van der Waals surface area contributed by atoms with E-state index in [1.807, 2.05) is 0 Å². The van der Waals surface area contributed by atoms with Crippen LogP contribution >= 0.6 is 0 Å². The Bertz CT molecular complexity index is 544. The second-order valence-electron chi connectivity index (χ2n) is 6.42. The van der Waals surface area contributed by atoms with Gasteiger partial charge in [-0.2, -0.15) is 0 Å². The van der Waals surface area contributed by atoms with Crippen LogP contribution in [0.15, 0.2) is 0 Å². The van der Waals surface area contributed by atoms with E-state index in [1.54, 1.807) is 13.8 Å². The number of hydrogen-bond acceptors (Lipinski definition) is 5. The molecule has 7 nitrogen and oxygen atoms in total. The number of nitrogens with zero attached hydrogens (tertiary/aromatic N) is 2. The zero-order valence-corrected chi connectivity index (χ0v) is 13.6. The van der Waals surface area contributed by atoms with Crippen molar-refractivity contribution in [2.45, 2.75) is 32.2 Å². The third-order valence-electron chi connectivity index (χ3n) is 4.15. The lowest BCUT2D eigenvalue weighted by Crippen LogP contribution is -2.64. The first-order valence-corrected chi connectivity index (χ1v) is 9.01. The van der Waals surface area contributed by atoms with Crippen molar-refractivity contribution < 1.29 is 18.0 Å². The average molecular weight is 317 g/mol. The van der Waals surface area contributed by atoms with E-state index in [1.165, 1.54) is 15.5 Å². The molecule has 1 unspecified atom stereocenters. The third kappa shape index (κ3) is 3.61. The summed E-state index contributed by atoms with van der Waals surface area (Å²) in [5, 5.41) is 2.91.